The Balaban J connectivity index is 2.29. The van der Waals surface area contributed by atoms with Crippen molar-refractivity contribution in [2.24, 2.45) is 0 Å². The first-order valence-corrected chi connectivity index (χ1v) is 5.37. The number of hydrogen-bond donors (Lipinski definition) is 1. The number of aromatic nitrogens is 2. The maximum Gasteiger partial charge on any atom is 0.435 e. The zero-order valence-electron chi connectivity index (χ0n) is 9.74. The third-order valence-corrected chi connectivity index (χ3v) is 2.66. The molecule has 5 nitrogen and oxygen atoms in total. The zero-order chi connectivity index (χ0) is 13.3. The minimum atomic E-state index is -4.58. The van der Waals surface area contributed by atoms with E-state index in [0.29, 0.717) is 13.2 Å². The van der Waals surface area contributed by atoms with E-state index in [1.54, 1.807) is 0 Å². The average molecular weight is 262 g/mol. The van der Waals surface area contributed by atoms with Gasteiger partial charge in [-0.15, -0.1) is 0 Å². The third-order valence-electron chi connectivity index (χ3n) is 2.66. The molecule has 1 aromatic rings. The molecule has 0 amide bonds. The topological polar surface area (TPSA) is 64.3 Å². The van der Waals surface area contributed by atoms with E-state index < -0.39 is 23.7 Å². The van der Waals surface area contributed by atoms with Gasteiger partial charge in [0.15, 0.2) is 11.5 Å². The van der Waals surface area contributed by atoms with Gasteiger partial charge >= 0.3 is 6.18 Å². The van der Waals surface area contributed by atoms with Gasteiger partial charge in [-0.2, -0.15) is 13.2 Å². The van der Waals surface area contributed by atoms with E-state index in [9.17, 15) is 13.2 Å². The molecule has 0 aromatic carbocycles. The molecule has 0 aliphatic carbocycles. The van der Waals surface area contributed by atoms with Crippen molar-refractivity contribution in [1.82, 2.24) is 14.9 Å². The van der Waals surface area contributed by atoms with Crippen LogP contribution >= 0.6 is 0 Å². The number of anilines is 1. The molecule has 1 aliphatic heterocycles. The number of rotatable bonds is 1. The lowest BCUT2D eigenvalue weighted by molar-refractivity contribution is -0.141. The largest absolute Gasteiger partial charge is 0.435 e. The molecule has 100 valence electrons. The minimum Gasteiger partial charge on any atom is -0.396 e. The molecule has 2 heterocycles. The number of likely N-dealkylation sites (N-methyl/N-ethyl adjacent to an activating group) is 1. The number of alkyl halides is 3. The standard InChI is InChI=1S/C10H13F3N4O/c1-17-2-3-18-7(5-17)9-15-4-6(14)8(16-9)10(11,12)13/h4,7H,2-3,5,14H2,1H3. The van der Waals surface area contributed by atoms with E-state index in [4.69, 9.17) is 10.5 Å². The predicted octanol–water partition coefficient (Wildman–Crippen LogP) is 1.08. The molecule has 18 heavy (non-hydrogen) atoms. The summed E-state index contributed by atoms with van der Waals surface area (Å²) in [5.41, 5.74) is 3.65. The van der Waals surface area contributed by atoms with Crippen molar-refractivity contribution >= 4 is 5.69 Å². The molecule has 1 fully saturated rings. The maximum absolute atomic E-state index is 12.7. The second kappa shape index (κ2) is 4.69. The van der Waals surface area contributed by atoms with Gasteiger partial charge in [0.25, 0.3) is 0 Å². The first-order valence-electron chi connectivity index (χ1n) is 5.37. The molecule has 2 rings (SSSR count). The highest BCUT2D eigenvalue weighted by Crippen LogP contribution is 2.32. The van der Waals surface area contributed by atoms with Gasteiger partial charge < -0.3 is 15.4 Å². The lowest BCUT2D eigenvalue weighted by atomic mass is 10.2. The fraction of sp³-hybridized carbons (Fsp3) is 0.600. The first kappa shape index (κ1) is 13.0. The highest BCUT2D eigenvalue weighted by Gasteiger charge is 2.36. The molecule has 1 aromatic heterocycles. The Hall–Kier alpha value is -1.41. The molecule has 0 saturated carbocycles. The highest BCUT2D eigenvalue weighted by atomic mass is 19.4. The molecule has 2 N–H and O–H groups in total. The van der Waals surface area contributed by atoms with Crippen LogP contribution in [0, 0.1) is 0 Å². The summed E-state index contributed by atoms with van der Waals surface area (Å²) in [4.78, 5) is 9.26. The van der Waals surface area contributed by atoms with Crippen molar-refractivity contribution < 1.29 is 17.9 Å². The van der Waals surface area contributed by atoms with E-state index in [-0.39, 0.29) is 5.82 Å². The maximum atomic E-state index is 12.7. The number of nitrogens with zero attached hydrogens (tertiary/aromatic N) is 3. The van der Waals surface area contributed by atoms with Gasteiger partial charge in [0.1, 0.15) is 6.10 Å². The van der Waals surface area contributed by atoms with Crippen molar-refractivity contribution in [1.29, 1.82) is 0 Å². The smallest absolute Gasteiger partial charge is 0.396 e. The van der Waals surface area contributed by atoms with Crippen molar-refractivity contribution in [3.05, 3.63) is 17.7 Å². The number of ether oxygens (including phenoxy) is 1. The molecule has 0 bridgehead atoms. The van der Waals surface area contributed by atoms with Crippen LogP contribution in [0.25, 0.3) is 0 Å². The van der Waals surface area contributed by atoms with Crippen molar-refractivity contribution in [3.8, 4) is 0 Å². The van der Waals surface area contributed by atoms with E-state index in [2.05, 4.69) is 9.97 Å². The van der Waals surface area contributed by atoms with Gasteiger partial charge in [-0.1, -0.05) is 0 Å². The lowest BCUT2D eigenvalue weighted by Crippen LogP contribution is -2.36. The van der Waals surface area contributed by atoms with Gasteiger partial charge in [-0.05, 0) is 7.05 Å². The SMILES string of the molecule is CN1CCOC(c2ncc(N)c(C(F)(F)F)n2)C1. The molecule has 1 atom stereocenters. The molecule has 8 heteroatoms. The van der Waals surface area contributed by atoms with E-state index >= 15 is 0 Å². The van der Waals surface area contributed by atoms with Gasteiger partial charge in [0, 0.05) is 13.1 Å². The molecule has 0 spiro atoms. The van der Waals surface area contributed by atoms with Gasteiger partial charge in [-0.3, -0.25) is 0 Å². The summed E-state index contributed by atoms with van der Waals surface area (Å²) in [5, 5.41) is 0. The Morgan fingerprint density at radius 3 is 2.83 bits per heavy atom. The Morgan fingerprint density at radius 1 is 1.50 bits per heavy atom. The van der Waals surface area contributed by atoms with Crippen LogP contribution in [0.2, 0.25) is 0 Å². The lowest BCUT2D eigenvalue weighted by Gasteiger charge is -2.29. The Morgan fingerprint density at radius 2 is 2.22 bits per heavy atom. The fourth-order valence-electron chi connectivity index (χ4n) is 1.72. The van der Waals surface area contributed by atoms with Crippen molar-refractivity contribution in [2.75, 3.05) is 32.5 Å². The third kappa shape index (κ3) is 2.70. The second-order valence-corrected chi connectivity index (χ2v) is 4.15. The number of morpholine rings is 1. The predicted molar refractivity (Wildman–Crippen MR) is 57.6 cm³/mol. The van der Waals surface area contributed by atoms with E-state index in [0.717, 1.165) is 12.7 Å². The Bertz CT molecular complexity index is 438. The van der Waals surface area contributed by atoms with Crippen molar-refractivity contribution in [3.63, 3.8) is 0 Å². The summed E-state index contributed by atoms with van der Waals surface area (Å²) in [5.74, 6) is 0.0167. The van der Waals surface area contributed by atoms with Crippen molar-refractivity contribution in [2.45, 2.75) is 12.3 Å². The molecule has 1 unspecified atom stereocenters. The van der Waals surface area contributed by atoms with Crippen LogP contribution < -0.4 is 5.73 Å². The molecule has 1 aliphatic rings. The molecule has 1 saturated heterocycles. The van der Waals surface area contributed by atoms with Crippen LogP contribution in [0.15, 0.2) is 6.20 Å². The van der Waals surface area contributed by atoms with Crippen LogP contribution in [-0.4, -0.2) is 41.6 Å². The summed E-state index contributed by atoms with van der Waals surface area (Å²) in [6.45, 7) is 1.63. The number of halogens is 3. The fourth-order valence-corrected chi connectivity index (χ4v) is 1.72. The molecule has 0 radical (unpaired) electrons. The minimum absolute atomic E-state index is 0.0167. The quantitative estimate of drug-likeness (QED) is 0.820. The average Bonchev–Trinajstić information content (AvgIpc) is 2.28. The van der Waals surface area contributed by atoms with Gasteiger partial charge in [0.2, 0.25) is 0 Å². The summed E-state index contributed by atoms with van der Waals surface area (Å²) in [6.07, 6.45) is -4.16. The monoisotopic (exact) mass is 262 g/mol. The zero-order valence-corrected chi connectivity index (χ0v) is 9.74. The summed E-state index contributed by atoms with van der Waals surface area (Å²) in [7, 11) is 1.86. The van der Waals surface area contributed by atoms with Crippen LogP contribution in [-0.2, 0) is 10.9 Å². The Labute approximate surface area is 102 Å². The summed E-state index contributed by atoms with van der Waals surface area (Å²) < 4.78 is 43.3. The van der Waals surface area contributed by atoms with E-state index in [1.165, 1.54) is 0 Å². The van der Waals surface area contributed by atoms with Crippen LogP contribution in [0.5, 0.6) is 0 Å². The number of nitrogens with two attached hydrogens (primary N) is 1. The Kier molecular flexibility index (Phi) is 3.40. The van der Waals surface area contributed by atoms with E-state index in [1.807, 2.05) is 11.9 Å². The van der Waals surface area contributed by atoms with Gasteiger partial charge in [0.05, 0.1) is 18.5 Å². The second-order valence-electron chi connectivity index (χ2n) is 4.15. The summed E-state index contributed by atoms with van der Waals surface area (Å²) in [6, 6.07) is 0. The first-order chi connectivity index (χ1) is 8.38. The number of hydrogen-bond acceptors (Lipinski definition) is 5. The van der Waals surface area contributed by atoms with Crippen LogP contribution in [0.4, 0.5) is 18.9 Å². The number of nitrogen functional groups attached to an aromatic ring is 1. The van der Waals surface area contributed by atoms with Gasteiger partial charge in [-0.25, -0.2) is 9.97 Å². The molecular weight excluding hydrogens is 249 g/mol. The van der Waals surface area contributed by atoms with Crippen LogP contribution in [0.1, 0.15) is 17.6 Å². The normalized spacial score (nSPS) is 22.1. The molecular formula is C10H13F3N4O. The van der Waals surface area contributed by atoms with Crippen LogP contribution in [0.3, 0.4) is 0 Å². The summed E-state index contributed by atoms with van der Waals surface area (Å²) >= 11 is 0. The highest BCUT2D eigenvalue weighted by molar-refractivity contribution is 5.42.